The van der Waals surface area contributed by atoms with Gasteiger partial charge in [-0.2, -0.15) is 0 Å². The summed E-state index contributed by atoms with van der Waals surface area (Å²) in [6, 6.07) is 5.10. The lowest BCUT2D eigenvalue weighted by atomic mass is 10.3. The van der Waals surface area contributed by atoms with Crippen LogP contribution in [0.25, 0.3) is 0 Å². The molecule has 0 unspecified atom stereocenters. The summed E-state index contributed by atoms with van der Waals surface area (Å²) in [5.74, 6) is 0.106. The maximum Gasteiger partial charge on any atom is 0.269 e. The lowest BCUT2D eigenvalue weighted by Gasteiger charge is -2.11. The van der Waals surface area contributed by atoms with Crippen LogP contribution in [0.3, 0.4) is 0 Å². The van der Waals surface area contributed by atoms with Gasteiger partial charge in [-0.05, 0) is 18.6 Å². The van der Waals surface area contributed by atoms with E-state index in [1.54, 1.807) is 18.2 Å². The second-order valence-electron chi connectivity index (χ2n) is 4.69. The summed E-state index contributed by atoms with van der Waals surface area (Å²) < 4.78 is 24.3. The topological polar surface area (TPSA) is 91.4 Å². The van der Waals surface area contributed by atoms with E-state index in [2.05, 4.69) is 15.6 Å². The predicted octanol–water partition coefficient (Wildman–Crippen LogP) is 0.525. The molecule has 8 heteroatoms. The van der Waals surface area contributed by atoms with E-state index in [1.807, 2.05) is 6.92 Å². The van der Waals surface area contributed by atoms with Gasteiger partial charge in [0.1, 0.15) is 11.5 Å². The van der Waals surface area contributed by atoms with Gasteiger partial charge < -0.3 is 10.6 Å². The van der Waals surface area contributed by atoms with Crippen molar-refractivity contribution in [1.82, 2.24) is 14.6 Å². The molecule has 0 saturated carbocycles. The van der Waals surface area contributed by atoms with Gasteiger partial charge in [-0.1, -0.05) is 13.0 Å². The number of aromatic nitrogens is 1. The molecule has 21 heavy (non-hydrogen) atoms. The summed E-state index contributed by atoms with van der Waals surface area (Å²) in [5, 5.41) is 5.65. The van der Waals surface area contributed by atoms with Crippen LogP contribution in [-0.4, -0.2) is 56.6 Å². The lowest BCUT2D eigenvalue weighted by molar-refractivity contribution is 0.0951. The number of anilines is 1. The highest BCUT2D eigenvalue weighted by atomic mass is 32.2. The van der Waals surface area contributed by atoms with Gasteiger partial charge >= 0.3 is 0 Å². The van der Waals surface area contributed by atoms with Gasteiger partial charge in [0.15, 0.2) is 0 Å². The molecule has 0 aromatic carbocycles. The summed E-state index contributed by atoms with van der Waals surface area (Å²) in [6.07, 6.45) is 0.959. The number of pyridine rings is 1. The average molecular weight is 314 g/mol. The minimum atomic E-state index is -3.31. The first kappa shape index (κ1) is 17.4. The van der Waals surface area contributed by atoms with Gasteiger partial charge in [0.05, 0.1) is 5.75 Å². The largest absolute Gasteiger partial charge is 0.370 e. The van der Waals surface area contributed by atoms with Crippen molar-refractivity contribution < 1.29 is 13.2 Å². The Labute approximate surface area is 125 Å². The van der Waals surface area contributed by atoms with E-state index in [9.17, 15) is 13.2 Å². The lowest BCUT2D eigenvalue weighted by Crippen LogP contribution is -2.34. The molecule has 2 N–H and O–H groups in total. The van der Waals surface area contributed by atoms with Gasteiger partial charge in [0.25, 0.3) is 5.91 Å². The molecule has 0 spiro atoms. The molecule has 1 heterocycles. The normalized spacial score (nSPS) is 11.4. The van der Waals surface area contributed by atoms with E-state index >= 15 is 0 Å². The summed E-state index contributed by atoms with van der Waals surface area (Å²) in [6.45, 7) is 2.86. The SMILES string of the molecule is CCCNc1cccc(C(=O)NCCS(=O)(=O)N(C)C)n1. The van der Waals surface area contributed by atoms with Crippen LogP contribution in [-0.2, 0) is 10.0 Å². The molecule has 1 rings (SSSR count). The van der Waals surface area contributed by atoms with Crippen molar-refractivity contribution in [2.24, 2.45) is 0 Å². The molecule has 1 aromatic rings. The molecule has 0 fully saturated rings. The number of carbonyl (C=O) groups is 1. The van der Waals surface area contributed by atoms with Crippen molar-refractivity contribution in [3.63, 3.8) is 0 Å². The van der Waals surface area contributed by atoms with Crippen LogP contribution in [0.4, 0.5) is 5.82 Å². The standard InChI is InChI=1S/C13H22N4O3S/c1-4-8-14-12-7-5-6-11(16-12)13(18)15-9-10-21(19,20)17(2)3/h5-7H,4,8-10H2,1-3H3,(H,14,16)(H,15,18). The fourth-order valence-corrected chi connectivity index (χ4v) is 2.20. The van der Waals surface area contributed by atoms with E-state index in [1.165, 1.54) is 14.1 Å². The molecule has 1 amide bonds. The fourth-order valence-electron chi connectivity index (χ4n) is 1.48. The Balaban J connectivity index is 2.56. The zero-order valence-electron chi connectivity index (χ0n) is 12.6. The number of rotatable bonds is 8. The minimum Gasteiger partial charge on any atom is -0.370 e. The minimum absolute atomic E-state index is 0.0492. The third kappa shape index (κ3) is 5.68. The molecule has 0 aliphatic heterocycles. The van der Waals surface area contributed by atoms with Crippen molar-refractivity contribution >= 4 is 21.7 Å². The predicted molar refractivity (Wildman–Crippen MR) is 82.8 cm³/mol. The Hall–Kier alpha value is -1.67. The van der Waals surface area contributed by atoms with Crippen molar-refractivity contribution in [3.05, 3.63) is 23.9 Å². The zero-order chi connectivity index (χ0) is 15.9. The van der Waals surface area contributed by atoms with Crippen LogP contribution >= 0.6 is 0 Å². The second-order valence-corrected chi connectivity index (χ2v) is 6.99. The Morgan fingerprint density at radius 2 is 2.00 bits per heavy atom. The van der Waals surface area contributed by atoms with Crippen LogP contribution in [0.15, 0.2) is 18.2 Å². The second kappa shape index (κ2) is 7.94. The number of hydrogen-bond donors (Lipinski definition) is 2. The average Bonchev–Trinajstić information content (AvgIpc) is 2.45. The molecule has 118 valence electrons. The summed E-state index contributed by atoms with van der Waals surface area (Å²) >= 11 is 0. The third-order valence-electron chi connectivity index (χ3n) is 2.74. The van der Waals surface area contributed by atoms with E-state index in [4.69, 9.17) is 0 Å². The van der Waals surface area contributed by atoms with Crippen LogP contribution in [0, 0.1) is 0 Å². The van der Waals surface area contributed by atoms with Gasteiger partial charge in [-0.3, -0.25) is 4.79 Å². The Kier molecular flexibility index (Phi) is 6.57. The first-order chi connectivity index (χ1) is 9.86. The van der Waals surface area contributed by atoms with E-state index in [0.29, 0.717) is 5.82 Å². The smallest absolute Gasteiger partial charge is 0.269 e. The molecule has 0 bridgehead atoms. The number of amides is 1. The first-order valence-electron chi connectivity index (χ1n) is 6.76. The van der Waals surface area contributed by atoms with Crippen LogP contribution in [0.5, 0.6) is 0 Å². The number of nitrogens with one attached hydrogen (secondary N) is 2. The zero-order valence-corrected chi connectivity index (χ0v) is 13.4. The van der Waals surface area contributed by atoms with Crippen molar-refractivity contribution in [2.45, 2.75) is 13.3 Å². The highest BCUT2D eigenvalue weighted by Crippen LogP contribution is 2.05. The summed E-state index contributed by atoms with van der Waals surface area (Å²) in [5.41, 5.74) is 0.262. The van der Waals surface area contributed by atoms with E-state index in [0.717, 1.165) is 17.3 Å². The van der Waals surface area contributed by atoms with Gasteiger partial charge in [0, 0.05) is 27.2 Å². The summed E-state index contributed by atoms with van der Waals surface area (Å²) in [4.78, 5) is 16.1. The Morgan fingerprint density at radius 1 is 1.29 bits per heavy atom. The molecular formula is C13H22N4O3S. The van der Waals surface area contributed by atoms with Crippen molar-refractivity contribution in [2.75, 3.05) is 38.3 Å². The third-order valence-corrected chi connectivity index (χ3v) is 4.57. The summed E-state index contributed by atoms with van der Waals surface area (Å²) in [7, 11) is -0.391. The monoisotopic (exact) mass is 314 g/mol. The molecule has 0 radical (unpaired) electrons. The molecule has 0 aliphatic carbocycles. The molecule has 1 aromatic heterocycles. The van der Waals surface area contributed by atoms with Crippen LogP contribution < -0.4 is 10.6 Å². The number of hydrogen-bond acceptors (Lipinski definition) is 5. The quantitative estimate of drug-likeness (QED) is 0.730. The number of nitrogens with zero attached hydrogens (tertiary/aromatic N) is 2. The maximum absolute atomic E-state index is 11.9. The molecule has 7 nitrogen and oxygen atoms in total. The highest BCUT2D eigenvalue weighted by Gasteiger charge is 2.14. The van der Waals surface area contributed by atoms with E-state index in [-0.39, 0.29) is 23.9 Å². The molecular weight excluding hydrogens is 292 g/mol. The number of sulfonamides is 1. The van der Waals surface area contributed by atoms with Crippen molar-refractivity contribution in [3.8, 4) is 0 Å². The van der Waals surface area contributed by atoms with Gasteiger partial charge in [0.2, 0.25) is 10.0 Å². The Morgan fingerprint density at radius 3 is 2.62 bits per heavy atom. The first-order valence-corrected chi connectivity index (χ1v) is 8.37. The van der Waals surface area contributed by atoms with Crippen LogP contribution in [0.1, 0.15) is 23.8 Å². The number of carbonyl (C=O) groups excluding carboxylic acids is 1. The van der Waals surface area contributed by atoms with Crippen molar-refractivity contribution in [1.29, 1.82) is 0 Å². The molecule has 0 atom stereocenters. The van der Waals surface area contributed by atoms with Crippen LogP contribution in [0.2, 0.25) is 0 Å². The highest BCUT2D eigenvalue weighted by molar-refractivity contribution is 7.89. The maximum atomic E-state index is 11.9. The Bertz CT molecular complexity index is 573. The molecule has 0 aliphatic rings. The fraction of sp³-hybridized carbons (Fsp3) is 0.538. The van der Waals surface area contributed by atoms with E-state index < -0.39 is 10.0 Å². The molecule has 0 saturated heterocycles. The van der Waals surface area contributed by atoms with Gasteiger partial charge in [-0.25, -0.2) is 17.7 Å². The van der Waals surface area contributed by atoms with Gasteiger partial charge in [-0.15, -0.1) is 0 Å².